The fraction of sp³-hybridized carbons (Fsp3) is 0.375. The Bertz CT molecular complexity index is 1000. The number of benzene rings is 2. The molecule has 0 radical (unpaired) electrons. The number of ether oxygens (including phenoxy) is 3. The van der Waals surface area contributed by atoms with Crippen molar-refractivity contribution < 1.29 is 23.4 Å². The van der Waals surface area contributed by atoms with E-state index >= 15 is 0 Å². The lowest BCUT2D eigenvalue weighted by atomic mass is 10.2. The van der Waals surface area contributed by atoms with Crippen LogP contribution in [-0.2, 0) is 0 Å². The quantitative estimate of drug-likeness (QED) is 0.380. The van der Waals surface area contributed by atoms with E-state index in [0.29, 0.717) is 42.4 Å². The molecule has 2 aromatic carbocycles. The Morgan fingerprint density at radius 2 is 1.66 bits per heavy atom. The Hall–Kier alpha value is -3.55. The average molecular weight is 440 g/mol. The van der Waals surface area contributed by atoms with Crippen LogP contribution in [0.25, 0.3) is 11.5 Å². The van der Waals surface area contributed by atoms with Gasteiger partial charge >= 0.3 is 6.01 Å². The number of amides is 1. The van der Waals surface area contributed by atoms with Gasteiger partial charge in [-0.2, -0.15) is 0 Å². The number of nitrogens with zero attached hydrogens (tertiary/aromatic N) is 2. The largest absolute Gasteiger partial charge is 0.494 e. The Kier molecular flexibility index (Phi) is 8.48. The molecule has 1 amide bonds. The molecule has 0 bridgehead atoms. The van der Waals surface area contributed by atoms with Gasteiger partial charge in [0.05, 0.1) is 19.8 Å². The zero-order chi connectivity index (χ0) is 22.8. The van der Waals surface area contributed by atoms with Gasteiger partial charge in [0.25, 0.3) is 5.91 Å². The zero-order valence-electron chi connectivity index (χ0n) is 18.7. The number of hydrogen-bond acceptors (Lipinski definition) is 7. The molecular formula is C24H29N3O5. The second kappa shape index (κ2) is 11.7. The highest BCUT2D eigenvalue weighted by atomic mass is 16.5. The molecule has 0 unspecified atom stereocenters. The van der Waals surface area contributed by atoms with Crippen molar-refractivity contribution in [1.29, 1.82) is 0 Å². The number of rotatable bonds is 12. The number of hydrogen-bond donors (Lipinski definition) is 1. The SMILES string of the molecule is CCCCCOc1ccc(C(=O)Nc2nnc(-c3ccc(OCC)c(OCC)c3)o2)cc1. The van der Waals surface area contributed by atoms with Crippen LogP contribution in [0, 0.1) is 0 Å². The van der Waals surface area contributed by atoms with Crippen molar-refractivity contribution in [3.05, 3.63) is 48.0 Å². The van der Waals surface area contributed by atoms with E-state index in [0.717, 1.165) is 25.0 Å². The summed E-state index contributed by atoms with van der Waals surface area (Å²) >= 11 is 0. The third-order valence-electron chi connectivity index (χ3n) is 4.57. The number of carbonyl (C=O) groups excluding carboxylic acids is 1. The zero-order valence-corrected chi connectivity index (χ0v) is 18.7. The summed E-state index contributed by atoms with van der Waals surface area (Å²) < 4.78 is 22.5. The van der Waals surface area contributed by atoms with Crippen LogP contribution in [0.5, 0.6) is 17.2 Å². The first-order valence-electron chi connectivity index (χ1n) is 10.9. The van der Waals surface area contributed by atoms with Crippen LogP contribution in [-0.4, -0.2) is 35.9 Å². The fourth-order valence-electron chi connectivity index (χ4n) is 2.99. The first-order chi connectivity index (χ1) is 15.6. The molecule has 0 aliphatic carbocycles. The van der Waals surface area contributed by atoms with Gasteiger partial charge in [-0.3, -0.25) is 10.1 Å². The van der Waals surface area contributed by atoms with Crippen molar-refractivity contribution in [2.24, 2.45) is 0 Å². The minimum Gasteiger partial charge on any atom is -0.494 e. The third-order valence-corrected chi connectivity index (χ3v) is 4.57. The summed E-state index contributed by atoms with van der Waals surface area (Å²) in [4.78, 5) is 12.5. The highest BCUT2D eigenvalue weighted by molar-refractivity contribution is 6.03. The van der Waals surface area contributed by atoms with E-state index in [2.05, 4.69) is 22.4 Å². The standard InChI is InChI=1S/C24H29N3O5/c1-4-7-8-15-31-19-12-9-17(10-13-19)22(28)25-24-27-26-23(32-24)18-11-14-20(29-5-2)21(16-18)30-6-3/h9-14,16H,4-8,15H2,1-3H3,(H,25,27,28). The maximum Gasteiger partial charge on any atom is 0.322 e. The summed E-state index contributed by atoms with van der Waals surface area (Å²) in [6, 6.07) is 12.3. The maximum atomic E-state index is 12.5. The highest BCUT2D eigenvalue weighted by Crippen LogP contribution is 2.32. The number of nitrogens with one attached hydrogen (secondary N) is 1. The molecule has 32 heavy (non-hydrogen) atoms. The van der Waals surface area contributed by atoms with Crippen LogP contribution in [0.3, 0.4) is 0 Å². The van der Waals surface area contributed by atoms with Crippen molar-refractivity contribution in [3.8, 4) is 28.7 Å². The smallest absolute Gasteiger partial charge is 0.322 e. The predicted molar refractivity (Wildman–Crippen MR) is 121 cm³/mol. The topological polar surface area (TPSA) is 95.7 Å². The summed E-state index contributed by atoms with van der Waals surface area (Å²) in [7, 11) is 0. The van der Waals surface area contributed by atoms with Crippen molar-refractivity contribution in [1.82, 2.24) is 10.2 Å². The number of anilines is 1. The normalized spacial score (nSPS) is 10.6. The van der Waals surface area contributed by atoms with Crippen LogP contribution in [0.4, 0.5) is 6.01 Å². The molecular weight excluding hydrogens is 410 g/mol. The number of carbonyl (C=O) groups is 1. The Morgan fingerprint density at radius 3 is 2.38 bits per heavy atom. The van der Waals surface area contributed by atoms with E-state index in [1.165, 1.54) is 0 Å². The Labute approximate surface area is 187 Å². The van der Waals surface area contributed by atoms with Gasteiger partial charge < -0.3 is 18.6 Å². The second-order valence-electron chi connectivity index (χ2n) is 6.97. The van der Waals surface area contributed by atoms with E-state index in [1.54, 1.807) is 42.5 Å². The Morgan fingerprint density at radius 1 is 0.906 bits per heavy atom. The van der Waals surface area contributed by atoms with Gasteiger partial charge in [0, 0.05) is 11.1 Å². The molecule has 3 rings (SSSR count). The van der Waals surface area contributed by atoms with E-state index in [4.69, 9.17) is 18.6 Å². The van der Waals surface area contributed by atoms with Gasteiger partial charge in [0.2, 0.25) is 5.89 Å². The number of unbranched alkanes of at least 4 members (excludes halogenated alkanes) is 2. The molecule has 170 valence electrons. The van der Waals surface area contributed by atoms with Gasteiger partial charge in [-0.15, -0.1) is 5.10 Å². The van der Waals surface area contributed by atoms with Crippen molar-refractivity contribution >= 4 is 11.9 Å². The molecule has 0 aliphatic heterocycles. The predicted octanol–water partition coefficient (Wildman–Crippen LogP) is 5.36. The van der Waals surface area contributed by atoms with Crippen molar-refractivity contribution in [3.63, 3.8) is 0 Å². The van der Waals surface area contributed by atoms with E-state index < -0.39 is 0 Å². The van der Waals surface area contributed by atoms with Crippen LogP contribution < -0.4 is 19.5 Å². The second-order valence-corrected chi connectivity index (χ2v) is 6.97. The van der Waals surface area contributed by atoms with E-state index in [-0.39, 0.29) is 17.8 Å². The summed E-state index contributed by atoms with van der Waals surface area (Å²) in [6.07, 6.45) is 3.29. The minimum absolute atomic E-state index is 0.0109. The molecule has 1 aromatic heterocycles. The summed E-state index contributed by atoms with van der Waals surface area (Å²) in [5.74, 6) is 1.88. The van der Waals surface area contributed by atoms with Crippen LogP contribution in [0.2, 0.25) is 0 Å². The van der Waals surface area contributed by atoms with Gasteiger partial charge in [-0.25, -0.2) is 0 Å². The first kappa shape index (κ1) is 23.1. The van der Waals surface area contributed by atoms with Gasteiger partial charge in [0.1, 0.15) is 5.75 Å². The fourth-order valence-corrected chi connectivity index (χ4v) is 2.99. The molecule has 0 saturated carbocycles. The summed E-state index contributed by atoms with van der Waals surface area (Å²) in [5.41, 5.74) is 1.12. The summed E-state index contributed by atoms with van der Waals surface area (Å²) in [6.45, 7) is 7.65. The molecule has 0 saturated heterocycles. The molecule has 0 aliphatic rings. The van der Waals surface area contributed by atoms with Crippen LogP contribution in [0.15, 0.2) is 46.9 Å². The summed E-state index contributed by atoms with van der Waals surface area (Å²) in [5, 5.41) is 10.6. The molecule has 3 aromatic rings. The lowest BCUT2D eigenvalue weighted by molar-refractivity contribution is 0.102. The molecule has 0 fully saturated rings. The molecule has 1 heterocycles. The molecule has 0 atom stereocenters. The van der Waals surface area contributed by atoms with E-state index in [1.807, 2.05) is 13.8 Å². The minimum atomic E-state index is -0.348. The lowest BCUT2D eigenvalue weighted by Crippen LogP contribution is -2.12. The molecule has 8 heteroatoms. The lowest BCUT2D eigenvalue weighted by Gasteiger charge is -2.11. The van der Waals surface area contributed by atoms with Gasteiger partial charge in [-0.05, 0) is 62.7 Å². The van der Waals surface area contributed by atoms with Crippen LogP contribution in [0.1, 0.15) is 50.4 Å². The van der Waals surface area contributed by atoms with Gasteiger partial charge in [0.15, 0.2) is 11.5 Å². The average Bonchev–Trinajstić information content (AvgIpc) is 3.27. The van der Waals surface area contributed by atoms with E-state index in [9.17, 15) is 4.79 Å². The van der Waals surface area contributed by atoms with Gasteiger partial charge in [-0.1, -0.05) is 24.9 Å². The third kappa shape index (κ3) is 6.23. The highest BCUT2D eigenvalue weighted by Gasteiger charge is 2.15. The monoisotopic (exact) mass is 439 g/mol. The molecule has 0 spiro atoms. The van der Waals surface area contributed by atoms with Crippen molar-refractivity contribution in [2.45, 2.75) is 40.0 Å². The Balaban J connectivity index is 1.63. The van der Waals surface area contributed by atoms with Crippen LogP contribution >= 0.6 is 0 Å². The first-order valence-corrected chi connectivity index (χ1v) is 10.9. The van der Waals surface area contributed by atoms with Crippen molar-refractivity contribution in [2.75, 3.05) is 25.1 Å². The molecule has 8 nitrogen and oxygen atoms in total. The number of aromatic nitrogens is 2. The maximum absolute atomic E-state index is 12.5. The molecule has 1 N–H and O–H groups in total.